The van der Waals surface area contributed by atoms with Crippen molar-refractivity contribution in [2.75, 3.05) is 5.75 Å². The molecule has 27 heavy (non-hydrogen) atoms. The number of carbonyl (C=O) groups excluding carboxylic acids is 1. The first kappa shape index (κ1) is 17.1. The van der Waals surface area contributed by atoms with Crippen molar-refractivity contribution in [2.24, 2.45) is 15.8 Å². The number of nitrogens with zero attached hydrogens (tertiary/aromatic N) is 2. The Morgan fingerprint density at radius 3 is 2.81 bits per heavy atom. The van der Waals surface area contributed by atoms with Crippen molar-refractivity contribution in [3.63, 3.8) is 0 Å². The van der Waals surface area contributed by atoms with Gasteiger partial charge in [0, 0.05) is 16.9 Å². The van der Waals surface area contributed by atoms with Crippen molar-refractivity contribution in [3.8, 4) is 0 Å². The van der Waals surface area contributed by atoms with Gasteiger partial charge in [-0.3, -0.25) is 15.2 Å². The van der Waals surface area contributed by atoms with Gasteiger partial charge in [0.2, 0.25) is 5.91 Å². The minimum Gasteiger partial charge on any atom is -0.366 e. The lowest BCUT2D eigenvalue weighted by atomic mass is 10.1. The molecule has 1 amide bonds. The van der Waals surface area contributed by atoms with Crippen LogP contribution in [-0.4, -0.2) is 32.5 Å². The molecule has 2 aromatic carbocycles. The lowest BCUT2D eigenvalue weighted by Gasteiger charge is -2.15. The van der Waals surface area contributed by atoms with Crippen LogP contribution >= 0.6 is 11.8 Å². The Hall–Kier alpha value is -3.33. The Balaban J connectivity index is 1.47. The summed E-state index contributed by atoms with van der Waals surface area (Å²) in [6.07, 6.45) is 0. The van der Waals surface area contributed by atoms with Crippen molar-refractivity contribution in [2.45, 2.75) is 6.54 Å². The molecule has 0 spiro atoms. The third-order valence-corrected chi connectivity index (χ3v) is 5.01. The molecule has 2 heterocycles. The highest BCUT2D eigenvalue weighted by Gasteiger charge is 2.14. The number of thioether (sulfide) groups is 1. The van der Waals surface area contributed by atoms with E-state index in [-0.39, 0.29) is 5.69 Å². The lowest BCUT2D eigenvalue weighted by molar-refractivity contribution is 0.1000. The van der Waals surface area contributed by atoms with Crippen LogP contribution in [0.25, 0.3) is 11.0 Å². The van der Waals surface area contributed by atoms with Gasteiger partial charge in [-0.05, 0) is 29.8 Å². The molecule has 8 nitrogen and oxygen atoms in total. The molecule has 5 N–H and O–H groups in total. The number of rotatable bonds is 4. The van der Waals surface area contributed by atoms with Gasteiger partial charge < -0.3 is 15.7 Å². The van der Waals surface area contributed by atoms with Crippen molar-refractivity contribution in [3.05, 3.63) is 69.6 Å². The van der Waals surface area contributed by atoms with E-state index in [0.717, 1.165) is 27.9 Å². The van der Waals surface area contributed by atoms with Gasteiger partial charge in [0.15, 0.2) is 5.17 Å². The minimum atomic E-state index is -0.454. The topological polar surface area (TPSA) is 128 Å². The first-order valence-electron chi connectivity index (χ1n) is 8.19. The third kappa shape index (κ3) is 3.77. The van der Waals surface area contributed by atoms with E-state index in [1.165, 1.54) is 0 Å². The number of fused-ring (bicyclic) bond motifs is 1. The standard InChI is InChI=1S/C18H16N6O2S/c19-16(25)12-3-1-2-10(6-12)8-20-18-24-23-15(9-27-18)11-4-5-13-14(7-11)22-17(26)21-13/h1-7H,8-9H2,(H2,19,25)(H,20,24)(H2,21,22,26). The number of aliphatic imine (C=N–C) groups is 1. The summed E-state index contributed by atoms with van der Waals surface area (Å²) in [5.74, 6) is 0.206. The van der Waals surface area contributed by atoms with Crippen LogP contribution in [0, 0.1) is 0 Å². The van der Waals surface area contributed by atoms with E-state index < -0.39 is 5.91 Å². The largest absolute Gasteiger partial charge is 0.366 e. The number of aromatic nitrogens is 2. The van der Waals surface area contributed by atoms with E-state index in [9.17, 15) is 9.59 Å². The minimum absolute atomic E-state index is 0.227. The molecule has 0 unspecified atom stereocenters. The highest BCUT2D eigenvalue weighted by atomic mass is 32.2. The third-order valence-electron chi connectivity index (χ3n) is 4.10. The van der Waals surface area contributed by atoms with Crippen LogP contribution in [0.2, 0.25) is 0 Å². The molecule has 0 saturated carbocycles. The van der Waals surface area contributed by atoms with Gasteiger partial charge in [-0.1, -0.05) is 30.0 Å². The van der Waals surface area contributed by atoms with E-state index in [2.05, 4.69) is 25.5 Å². The summed E-state index contributed by atoms with van der Waals surface area (Å²) in [5, 5.41) is 5.10. The first-order valence-corrected chi connectivity index (χ1v) is 9.18. The highest BCUT2D eigenvalue weighted by molar-refractivity contribution is 8.14. The quantitative estimate of drug-likeness (QED) is 0.547. The second-order valence-electron chi connectivity index (χ2n) is 5.98. The summed E-state index contributed by atoms with van der Waals surface area (Å²) in [6, 6.07) is 12.8. The van der Waals surface area contributed by atoms with Crippen LogP contribution in [0.1, 0.15) is 21.5 Å². The second kappa shape index (κ2) is 7.12. The number of hydrogen-bond acceptors (Lipinski definition) is 5. The number of nitrogens with two attached hydrogens (primary N) is 1. The molecule has 1 aliphatic rings. The fourth-order valence-corrected chi connectivity index (χ4v) is 3.51. The summed E-state index contributed by atoms with van der Waals surface area (Å²) < 4.78 is 0. The van der Waals surface area contributed by atoms with E-state index in [1.54, 1.807) is 30.0 Å². The molecular weight excluding hydrogens is 364 g/mol. The molecule has 136 valence electrons. The van der Waals surface area contributed by atoms with Crippen LogP contribution in [0.5, 0.6) is 0 Å². The van der Waals surface area contributed by atoms with E-state index in [4.69, 9.17) is 5.73 Å². The summed E-state index contributed by atoms with van der Waals surface area (Å²) >= 11 is 1.54. The van der Waals surface area contributed by atoms with Crippen LogP contribution < -0.4 is 16.8 Å². The number of amidine groups is 1. The van der Waals surface area contributed by atoms with Gasteiger partial charge in [-0.25, -0.2) is 4.79 Å². The fourth-order valence-electron chi connectivity index (χ4n) is 2.74. The number of aromatic amines is 2. The summed E-state index contributed by atoms with van der Waals surface area (Å²) in [6.45, 7) is 0.428. The Labute approximate surface area is 158 Å². The molecule has 0 bridgehead atoms. The lowest BCUT2D eigenvalue weighted by Crippen LogP contribution is -2.25. The predicted octanol–water partition coefficient (Wildman–Crippen LogP) is 1.55. The van der Waals surface area contributed by atoms with Gasteiger partial charge >= 0.3 is 5.69 Å². The molecule has 4 rings (SSSR count). The molecule has 0 fully saturated rings. The van der Waals surface area contributed by atoms with Gasteiger partial charge in [-0.15, -0.1) is 0 Å². The molecule has 0 atom stereocenters. The van der Waals surface area contributed by atoms with E-state index >= 15 is 0 Å². The average Bonchev–Trinajstić information content (AvgIpc) is 3.06. The smallest absolute Gasteiger partial charge is 0.323 e. The van der Waals surface area contributed by atoms with Crippen LogP contribution in [-0.2, 0) is 6.54 Å². The summed E-state index contributed by atoms with van der Waals surface area (Å²) in [7, 11) is 0. The average molecular weight is 380 g/mol. The van der Waals surface area contributed by atoms with Crippen molar-refractivity contribution >= 4 is 39.6 Å². The predicted molar refractivity (Wildman–Crippen MR) is 107 cm³/mol. The molecular formula is C18H16N6O2S. The van der Waals surface area contributed by atoms with Crippen molar-refractivity contribution in [1.29, 1.82) is 0 Å². The SMILES string of the molecule is NC(=O)c1cccc(CN=C2NN=C(c3ccc4[nH]c(=O)[nH]c4c3)CS2)c1. The maximum Gasteiger partial charge on any atom is 0.323 e. The number of imidazole rings is 1. The van der Waals surface area contributed by atoms with Crippen molar-refractivity contribution < 1.29 is 4.79 Å². The van der Waals surface area contributed by atoms with Gasteiger partial charge in [0.1, 0.15) is 0 Å². The molecule has 1 aromatic heterocycles. The Morgan fingerprint density at radius 1 is 1.19 bits per heavy atom. The maximum atomic E-state index is 11.4. The molecule has 3 aromatic rings. The maximum absolute atomic E-state index is 11.4. The number of primary amides is 1. The zero-order valence-electron chi connectivity index (χ0n) is 14.2. The van der Waals surface area contributed by atoms with Crippen molar-refractivity contribution in [1.82, 2.24) is 15.4 Å². The van der Waals surface area contributed by atoms with Crippen LogP contribution in [0.4, 0.5) is 0 Å². The molecule has 0 radical (unpaired) electrons. The normalized spacial score (nSPS) is 15.6. The Morgan fingerprint density at radius 2 is 2.04 bits per heavy atom. The number of H-pyrrole nitrogens is 2. The highest BCUT2D eigenvalue weighted by Crippen LogP contribution is 2.17. The molecule has 9 heteroatoms. The molecule has 1 aliphatic heterocycles. The first-order chi connectivity index (χ1) is 13.1. The zero-order chi connectivity index (χ0) is 18.8. The molecule has 0 aliphatic carbocycles. The van der Waals surface area contributed by atoms with E-state index in [0.29, 0.717) is 23.0 Å². The number of hydrogen-bond donors (Lipinski definition) is 4. The van der Waals surface area contributed by atoms with Crippen LogP contribution in [0.3, 0.4) is 0 Å². The van der Waals surface area contributed by atoms with E-state index in [1.807, 2.05) is 24.3 Å². The number of benzene rings is 2. The van der Waals surface area contributed by atoms with Gasteiger partial charge in [0.05, 0.1) is 23.3 Å². The summed E-state index contributed by atoms with van der Waals surface area (Å²) in [5.41, 5.74) is 12.7. The monoisotopic (exact) mass is 380 g/mol. The fraction of sp³-hybridized carbons (Fsp3) is 0.111. The summed E-state index contributed by atoms with van der Waals surface area (Å²) in [4.78, 5) is 32.6. The Kier molecular flexibility index (Phi) is 4.51. The number of nitrogens with one attached hydrogen (secondary N) is 3. The Bertz CT molecular complexity index is 1140. The molecule has 0 saturated heterocycles. The van der Waals surface area contributed by atoms with Crippen LogP contribution in [0.15, 0.2) is 57.4 Å². The zero-order valence-corrected chi connectivity index (χ0v) is 15.0. The number of amides is 1. The van der Waals surface area contributed by atoms with Gasteiger partial charge in [-0.2, -0.15) is 5.10 Å². The number of hydrazone groups is 1. The second-order valence-corrected chi connectivity index (χ2v) is 6.95. The van der Waals surface area contributed by atoms with Gasteiger partial charge in [0.25, 0.3) is 0 Å². The number of carbonyl (C=O) groups is 1.